The number of amides is 2. The number of ether oxygens (including phenoxy) is 1. The molecule has 1 fully saturated rings. The number of pyridine rings is 1. The number of hydrogen-bond acceptors (Lipinski definition) is 4. The van der Waals surface area contributed by atoms with Crippen molar-refractivity contribution in [2.45, 2.75) is 52.2 Å². The third-order valence-corrected chi connectivity index (χ3v) is 3.94. The molecule has 6 nitrogen and oxygen atoms in total. The summed E-state index contributed by atoms with van der Waals surface area (Å²) in [7, 11) is 0. The van der Waals surface area contributed by atoms with Gasteiger partial charge in [0.15, 0.2) is 0 Å². The summed E-state index contributed by atoms with van der Waals surface area (Å²) < 4.78 is 5.27. The molecule has 24 heavy (non-hydrogen) atoms. The number of alkyl carbamates (subject to hydrolysis) is 1. The minimum atomic E-state index is -0.546. The Morgan fingerprint density at radius 1 is 1.38 bits per heavy atom. The molecule has 1 aliphatic rings. The monoisotopic (exact) mass is 353 g/mol. The second kappa shape index (κ2) is 7.38. The first-order valence-electron chi connectivity index (χ1n) is 8.07. The summed E-state index contributed by atoms with van der Waals surface area (Å²) in [6.07, 6.45) is 1.16. The molecule has 1 N–H and O–H groups in total. The summed E-state index contributed by atoms with van der Waals surface area (Å²) in [5, 5.41) is 3.04. The lowest BCUT2D eigenvalue weighted by atomic mass is 10.0. The molecule has 1 aromatic rings. The van der Waals surface area contributed by atoms with Crippen molar-refractivity contribution < 1.29 is 14.3 Å². The van der Waals surface area contributed by atoms with Crippen LogP contribution in [0.15, 0.2) is 12.1 Å². The van der Waals surface area contributed by atoms with Crippen molar-refractivity contribution in [2.24, 2.45) is 0 Å². The first-order valence-corrected chi connectivity index (χ1v) is 8.45. The molecule has 0 radical (unpaired) electrons. The fourth-order valence-electron chi connectivity index (χ4n) is 2.61. The highest BCUT2D eigenvalue weighted by atomic mass is 35.5. The van der Waals surface area contributed by atoms with E-state index in [1.54, 1.807) is 17.0 Å². The highest BCUT2D eigenvalue weighted by molar-refractivity contribution is 6.32. The van der Waals surface area contributed by atoms with Gasteiger partial charge in [0, 0.05) is 24.8 Å². The molecule has 7 heteroatoms. The normalized spacial score (nSPS) is 18.2. The molecule has 1 aromatic heterocycles. The molecule has 1 atom stereocenters. The number of likely N-dealkylation sites (tertiary alicyclic amines) is 1. The SMILES string of the molecule is Cc1ccc(C(=O)N2CCC[C@@H](NC(=O)OC(C)(C)C)C2)c(Cl)n1. The van der Waals surface area contributed by atoms with Gasteiger partial charge in [0.25, 0.3) is 5.91 Å². The molecule has 1 aliphatic heterocycles. The Balaban J connectivity index is 1.99. The number of carbonyl (C=O) groups is 2. The highest BCUT2D eigenvalue weighted by Crippen LogP contribution is 2.19. The van der Waals surface area contributed by atoms with Crippen LogP contribution in [0.1, 0.15) is 49.7 Å². The molecule has 2 heterocycles. The van der Waals surface area contributed by atoms with Crippen molar-refractivity contribution in [3.63, 3.8) is 0 Å². The van der Waals surface area contributed by atoms with Crippen LogP contribution < -0.4 is 5.32 Å². The van der Waals surface area contributed by atoms with Crippen LogP contribution in [0, 0.1) is 6.92 Å². The van der Waals surface area contributed by atoms with Crippen LogP contribution in [-0.2, 0) is 4.74 Å². The van der Waals surface area contributed by atoms with Gasteiger partial charge in [-0.3, -0.25) is 4.79 Å². The van der Waals surface area contributed by atoms with Crippen LogP contribution in [0.25, 0.3) is 0 Å². The number of hydrogen-bond donors (Lipinski definition) is 1. The van der Waals surface area contributed by atoms with Gasteiger partial charge in [0.1, 0.15) is 10.8 Å². The molecule has 0 bridgehead atoms. The van der Waals surface area contributed by atoms with E-state index >= 15 is 0 Å². The van der Waals surface area contributed by atoms with Crippen molar-refractivity contribution in [1.29, 1.82) is 0 Å². The lowest BCUT2D eigenvalue weighted by Gasteiger charge is -2.33. The smallest absolute Gasteiger partial charge is 0.407 e. The fourth-order valence-corrected chi connectivity index (χ4v) is 2.89. The molecule has 1 saturated heterocycles. The highest BCUT2D eigenvalue weighted by Gasteiger charge is 2.28. The number of aromatic nitrogens is 1. The lowest BCUT2D eigenvalue weighted by Crippen LogP contribution is -2.50. The van der Waals surface area contributed by atoms with Gasteiger partial charge in [-0.15, -0.1) is 0 Å². The van der Waals surface area contributed by atoms with Gasteiger partial charge in [-0.05, 0) is 52.7 Å². The number of aryl methyl sites for hydroxylation is 1. The molecule has 0 saturated carbocycles. The zero-order chi connectivity index (χ0) is 17.9. The van der Waals surface area contributed by atoms with Gasteiger partial charge in [0.05, 0.1) is 5.56 Å². The van der Waals surface area contributed by atoms with Crippen molar-refractivity contribution in [3.8, 4) is 0 Å². The zero-order valence-corrected chi connectivity index (χ0v) is 15.3. The Hall–Kier alpha value is -1.82. The van der Waals surface area contributed by atoms with E-state index in [1.165, 1.54) is 0 Å². The molecule has 0 unspecified atom stereocenters. The molecule has 2 rings (SSSR count). The first kappa shape index (κ1) is 18.5. The topological polar surface area (TPSA) is 71.5 Å². The molecule has 0 spiro atoms. The predicted molar refractivity (Wildman–Crippen MR) is 92.3 cm³/mol. The van der Waals surface area contributed by atoms with Crippen molar-refractivity contribution in [2.75, 3.05) is 13.1 Å². The van der Waals surface area contributed by atoms with Crippen molar-refractivity contribution in [3.05, 3.63) is 28.5 Å². The Labute approximate surface area is 147 Å². The molecule has 0 aliphatic carbocycles. The maximum Gasteiger partial charge on any atom is 0.407 e. The van der Waals surface area contributed by atoms with Crippen LogP contribution in [0.2, 0.25) is 5.15 Å². The average Bonchev–Trinajstić information content (AvgIpc) is 2.44. The van der Waals surface area contributed by atoms with Gasteiger partial charge >= 0.3 is 6.09 Å². The second-order valence-corrected chi connectivity index (χ2v) is 7.39. The van der Waals surface area contributed by atoms with E-state index in [1.807, 2.05) is 27.7 Å². The average molecular weight is 354 g/mol. The molecule has 0 aromatic carbocycles. The van der Waals surface area contributed by atoms with Crippen LogP contribution in [0.3, 0.4) is 0 Å². The fraction of sp³-hybridized carbons (Fsp3) is 0.588. The summed E-state index contributed by atoms with van der Waals surface area (Å²) >= 11 is 6.09. The van der Waals surface area contributed by atoms with Gasteiger partial charge in [0.2, 0.25) is 0 Å². The number of halogens is 1. The number of nitrogens with zero attached hydrogens (tertiary/aromatic N) is 2. The van der Waals surface area contributed by atoms with Gasteiger partial charge in [-0.2, -0.15) is 0 Å². The second-order valence-electron chi connectivity index (χ2n) is 7.03. The van der Waals surface area contributed by atoms with Crippen LogP contribution in [-0.4, -0.2) is 46.6 Å². The Morgan fingerprint density at radius 2 is 2.08 bits per heavy atom. The summed E-state index contributed by atoms with van der Waals surface area (Å²) in [5.41, 5.74) is 0.606. The Morgan fingerprint density at radius 3 is 2.71 bits per heavy atom. The van der Waals surface area contributed by atoms with E-state index in [0.717, 1.165) is 18.5 Å². The number of carbonyl (C=O) groups excluding carboxylic acids is 2. The Bertz CT molecular complexity index is 628. The van der Waals surface area contributed by atoms with Gasteiger partial charge in [-0.1, -0.05) is 11.6 Å². The lowest BCUT2D eigenvalue weighted by molar-refractivity contribution is 0.0452. The summed E-state index contributed by atoms with van der Waals surface area (Å²) in [6.45, 7) is 8.33. The van der Waals surface area contributed by atoms with Crippen molar-refractivity contribution >= 4 is 23.6 Å². The minimum absolute atomic E-state index is 0.130. The third kappa shape index (κ3) is 5.09. The molecule has 2 amide bonds. The van der Waals surface area contributed by atoms with E-state index in [0.29, 0.717) is 18.7 Å². The Kier molecular flexibility index (Phi) is 5.70. The summed E-state index contributed by atoms with van der Waals surface area (Å²) in [4.78, 5) is 30.4. The maximum atomic E-state index is 12.6. The quantitative estimate of drug-likeness (QED) is 0.829. The largest absolute Gasteiger partial charge is 0.444 e. The maximum absolute atomic E-state index is 12.6. The molecular formula is C17H24ClN3O3. The van der Waals surface area contributed by atoms with Gasteiger partial charge < -0.3 is 15.0 Å². The number of rotatable bonds is 2. The van der Waals surface area contributed by atoms with Gasteiger partial charge in [-0.25, -0.2) is 9.78 Å². The van der Waals surface area contributed by atoms with E-state index in [4.69, 9.17) is 16.3 Å². The first-order chi connectivity index (χ1) is 11.2. The zero-order valence-electron chi connectivity index (χ0n) is 14.6. The van der Waals surface area contributed by atoms with Crippen molar-refractivity contribution in [1.82, 2.24) is 15.2 Å². The van der Waals surface area contributed by atoms with Crippen LogP contribution >= 0.6 is 11.6 Å². The molecule has 132 valence electrons. The van der Waals surface area contributed by atoms with Crippen LogP contribution in [0.4, 0.5) is 4.79 Å². The summed E-state index contributed by atoms with van der Waals surface area (Å²) in [5.74, 6) is -0.164. The third-order valence-electron chi connectivity index (χ3n) is 3.65. The standard InChI is InChI=1S/C17H24ClN3O3/c1-11-7-8-13(14(18)19-11)15(22)21-9-5-6-12(10-21)20-16(23)24-17(2,3)4/h7-8,12H,5-6,9-10H2,1-4H3,(H,20,23)/t12-/m1/s1. The molecular weight excluding hydrogens is 330 g/mol. The minimum Gasteiger partial charge on any atom is -0.444 e. The van der Waals surface area contributed by atoms with E-state index in [-0.39, 0.29) is 17.1 Å². The number of nitrogens with one attached hydrogen (secondary N) is 1. The van der Waals surface area contributed by atoms with E-state index in [2.05, 4.69) is 10.3 Å². The van der Waals surface area contributed by atoms with Crippen LogP contribution in [0.5, 0.6) is 0 Å². The van der Waals surface area contributed by atoms with E-state index in [9.17, 15) is 9.59 Å². The summed E-state index contributed by atoms with van der Waals surface area (Å²) in [6, 6.07) is 3.33. The number of piperidine rings is 1. The predicted octanol–water partition coefficient (Wildman–Crippen LogP) is 3.17. The van der Waals surface area contributed by atoms with E-state index < -0.39 is 11.7 Å².